The number of anilines is 1. The minimum Gasteiger partial charge on any atom is -0.390 e. The van der Waals surface area contributed by atoms with Gasteiger partial charge in [-0.3, -0.25) is 4.79 Å². The van der Waals surface area contributed by atoms with Crippen LogP contribution in [0.1, 0.15) is 29.3 Å². The minimum atomic E-state index is -1.24. The van der Waals surface area contributed by atoms with Gasteiger partial charge in [0, 0.05) is 11.3 Å². The summed E-state index contributed by atoms with van der Waals surface area (Å²) in [5.74, 6) is -0.324. The summed E-state index contributed by atoms with van der Waals surface area (Å²) in [5, 5.41) is 19.6. The van der Waals surface area contributed by atoms with Crippen LogP contribution in [0.4, 0.5) is 5.82 Å². The molecule has 6 heteroatoms. The van der Waals surface area contributed by atoms with Crippen LogP contribution >= 0.6 is 0 Å². The van der Waals surface area contributed by atoms with Crippen molar-refractivity contribution in [1.29, 1.82) is 0 Å². The predicted octanol–water partition coefficient (Wildman–Crippen LogP) is -0.450. The van der Waals surface area contributed by atoms with Crippen LogP contribution in [0.15, 0.2) is 6.07 Å². The second-order valence-corrected chi connectivity index (χ2v) is 4.05. The minimum absolute atomic E-state index is 0.301. The van der Waals surface area contributed by atoms with E-state index in [1.165, 1.54) is 0 Å². The number of rotatable bonds is 4. The fraction of sp³-hybridized carbons (Fsp3) is 0.455. The van der Waals surface area contributed by atoms with Crippen molar-refractivity contribution >= 4 is 11.7 Å². The van der Waals surface area contributed by atoms with Crippen molar-refractivity contribution < 1.29 is 15.0 Å². The van der Waals surface area contributed by atoms with Gasteiger partial charge in [0.15, 0.2) is 0 Å². The van der Waals surface area contributed by atoms with Crippen LogP contribution in [0.25, 0.3) is 0 Å². The Labute approximate surface area is 99.3 Å². The molecule has 0 spiro atoms. The first kappa shape index (κ1) is 13.4. The third-order valence-corrected chi connectivity index (χ3v) is 2.55. The number of aromatic nitrogens is 1. The molecule has 1 heterocycles. The van der Waals surface area contributed by atoms with E-state index in [0.29, 0.717) is 22.6 Å². The van der Waals surface area contributed by atoms with Crippen LogP contribution in [-0.4, -0.2) is 27.2 Å². The quantitative estimate of drug-likeness (QED) is 0.566. The lowest BCUT2D eigenvalue weighted by atomic mass is 9.96. The molecule has 1 aromatic heterocycles. The van der Waals surface area contributed by atoms with Gasteiger partial charge in [-0.2, -0.15) is 0 Å². The van der Waals surface area contributed by atoms with Gasteiger partial charge in [-0.15, -0.1) is 0 Å². The fourth-order valence-electron chi connectivity index (χ4n) is 1.83. The molecular formula is C11H17N3O3. The number of carbonyl (C=O) groups excluding carboxylic acids is 1. The van der Waals surface area contributed by atoms with Crippen molar-refractivity contribution in [1.82, 2.24) is 4.98 Å². The number of amides is 1. The van der Waals surface area contributed by atoms with Gasteiger partial charge >= 0.3 is 0 Å². The normalized spacial score (nSPS) is 14.4. The molecule has 17 heavy (non-hydrogen) atoms. The summed E-state index contributed by atoms with van der Waals surface area (Å²) >= 11 is 0. The molecule has 6 N–H and O–H groups in total. The van der Waals surface area contributed by atoms with Gasteiger partial charge in [0.25, 0.3) is 0 Å². The Morgan fingerprint density at radius 1 is 1.47 bits per heavy atom. The van der Waals surface area contributed by atoms with E-state index in [9.17, 15) is 15.0 Å². The van der Waals surface area contributed by atoms with Crippen LogP contribution in [0.2, 0.25) is 0 Å². The van der Waals surface area contributed by atoms with Crippen molar-refractivity contribution in [3.05, 3.63) is 22.9 Å². The van der Waals surface area contributed by atoms with Crippen molar-refractivity contribution in [2.75, 3.05) is 5.73 Å². The molecule has 0 aliphatic carbocycles. The maximum Gasteiger partial charge on any atom is 0.220 e. The van der Waals surface area contributed by atoms with Gasteiger partial charge in [-0.05, 0) is 25.5 Å². The van der Waals surface area contributed by atoms with Gasteiger partial charge < -0.3 is 21.7 Å². The Balaban J connectivity index is 3.03. The number of nitrogen functional groups attached to an aromatic ring is 1. The Morgan fingerprint density at radius 3 is 2.53 bits per heavy atom. The molecule has 0 aliphatic heterocycles. The Bertz CT molecular complexity index is 411. The Morgan fingerprint density at radius 2 is 2.06 bits per heavy atom. The first-order chi connectivity index (χ1) is 7.82. The van der Waals surface area contributed by atoms with Crippen molar-refractivity contribution in [3.8, 4) is 0 Å². The number of hydrogen-bond acceptors (Lipinski definition) is 5. The number of nitrogens with zero attached hydrogens (tertiary/aromatic N) is 1. The number of primary amides is 1. The van der Waals surface area contributed by atoms with E-state index in [1.54, 1.807) is 19.9 Å². The number of hydrogen-bond donors (Lipinski definition) is 4. The van der Waals surface area contributed by atoms with Crippen LogP contribution in [0.3, 0.4) is 0 Å². The zero-order chi connectivity index (χ0) is 13.2. The first-order valence-electron chi connectivity index (χ1n) is 5.21. The highest BCUT2D eigenvalue weighted by molar-refractivity contribution is 5.74. The topological polar surface area (TPSA) is 122 Å². The molecular weight excluding hydrogens is 222 g/mol. The maximum atomic E-state index is 10.7. The monoisotopic (exact) mass is 239 g/mol. The van der Waals surface area contributed by atoms with Crippen molar-refractivity contribution in [3.63, 3.8) is 0 Å². The van der Waals surface area contributed by atoms with Gasteiger partial charge in [0.05, 0.1) is 12.5 Å². The molecule has 2 unspecified atom stereocenters. The molecule has 6 nitrogen and oxygen atoms in total. The summed E-state index contributed by atoms with van der Waals surface area (Å²) in [6.45, 7) is 3.43. The number of aliphatic hydroxyl groups is 2. The van der Waals surface area contributed by atoms with Crippen LogP contribution < -0.4 is 11.5 Å². The number of aliphatic hydroxyl groups excluding tert-OH is 2. The summed E-state index contributed by atoms with van der Waals surface area (Å²) in [7, 11) is 0. The third kappa shape index (κ3) is 3.15. The molecule has 1 amide bonds. The summed E-state index contributed by atoms with van der Waals surface area (Å²) in [4.78, 5) is 14.7. The highest BCUT2D eigenvalue weighted by atomic mass is 16.3. The van der Waals surface area contributed by atoms with Crippen LogP contribution in [0.5, 0.6) is 0 Å². The second-order valence-electron chi connectivity index (χ2n) is 4.05. The number of pyridine rings is 1. The van der Waals surface area contributed by atoms with Crippen LogP contribution in [-0.2, 0) is 4.79 Å². The van der Waals surface area contributed by atoms with E-state index in [4.69, 9.17) is 11.5 Å². The molecule has 0 bridgehead atoms. The van der Waals surface area contributed by atoms with Crippen LogP contribution in [0, 0.1) is 13.8 Å². The van der Waals surface area contributed by atoms with E-state index in [0.717, 1.165) is 0 Å². The molecule has 0 aliphatic rings. The average molecular weight is 239 g/mol. The molecule has 0 aromatic carbocycles. The highest BCUT2D eigenvalue weighted by Gasteiger charge is 2.24. The molecule has 0 fully saturated rings. The first-order valence-corrected chi connectivity index (χ1v) is 5.21. The lowest BCUT2D eigenvalue weighted by Gasteiger charge is -2.20. The predicted molar refractivity (Wildman–Crippen MR) is 62.9 cm³/mol. The van der Waals surface area contributed by atoms with E-state index in [-0.39, 0.29) is 6.42 Å². The molecule has 94 valence electrons. The standard InChI is InChI=1S/C11H17N3O3/c1-5-3-8(12)14-6(2)10(5)11(17)7(15)4-9(13)16/h3,7,11,15,17H,4H2,1-2H3,(H2,12,14)(H2,13,16). The Hall–Kier alpha value is -1.66. The average Bonchev–Trinajstić information content (AvgIpc) is 2.14. The van der Waals surface area contributed by atoms with Gasteiger partial charge in [0.2, 0.25) is 5.91 Å². The number of nitrogens with two attached hydrogens (primary N) is 2. The van der Waals surface area contributed by atoms with E-state index >= 15 is 0 Å². The van der Waals surface area contributed by atoms with Gasteiger partial charge in [-0.25, -0.2) is 4.98 Å². The summed E-state index contributed by atoms with van der Waals surface area (Å²) in [6.07, 6.45) is -2.74. The molecule has 0 saturated carbocycles. The number of aryl methyl sites for hydroxylation is 2. The smallest absolute Gasteiger partial charge is 0.220 e. The molecule has 2 atom stereocenters. The summed E-state index contributed by atoms with van der Waals surface area (Å²) in [6, 6.07) is 1.60. The lowest BCUT2D eigenvalue weighted by Crippen LogP contribution is -2.26. The highest BCUT2D eigenvalue weighted by Crippen LogP contribution is 2.25. The van der Waals surface area contributed by atoms with Gasteiger partial charge in [0.1, 0.15) is 11.9 Å². The third-order valence-electron chi connectivity index (χ3n) is 2.55. The molecule has 0 radical (unpaired) electrons. The Kier molecular flexibility index (Phi) is 4.03. The van der Waals surface area contributed by atoms with E-state index in [2.05, 4.69) is 4.98 Å². The molecule has 1 aromatic rings. The summed E-state index contributed by atoms with van der Waals surface area (Å²) in [5.41, 5.74) is 12.2. The second kappa shape index (κ2) is 5.11. The molecule has 0 saturated heterocycles. The van der Waals surface area contributed by atoms with E-state index < -0.39 is 18.1 Å². The fourth-order valence-corrected chi connectivity index (χ4v) is 1.83. The van der Waals surface area contributed by atoms with E-state index in [1.807, 2.05) is 0 Å². The van der Waals surface area contributed by atoms with Crippen molar-refractivity contribution in [2.45, 2.75) is 32.5 Å². The summed E-state index contributed by atoms with van der Waals surface area (Å²) < 4.78 is 0. The van der Waals surface area contributed by atoms with Gasteiger partial charge in [-0.1, -0.05) is 0 Å². The lowest BCUT2D eigenvalue weighted by molar-refractivity contribution is -0.121. The zero-order valence-corrected chi connectivity index (χ0v) is 9.84. The zero-order valence-electron chi connectivity index (χ0n) is 9.84. The molecule has 1 rings (SSSR count). The number of carbonyl (C=O) groups is 1. The maximum absolute atomic E-state index is 10.7. The van der Waals surface area contributed by atoms with Crippen molar-refractivity contribution in [2.24, 2.45) is 5.73 Å². The SMILES string of the molecule is Cc1cc(N)nc(C)c1C(O)C(O)CC(N)=O. The largest absolute Gasteiger partial charge is 0.390 e.